The Kier molecular flexibility index (Phi) is 3.84. The minimum Gasteiger partial charge on any atom is -0.350 e. The van der Waals surface area contributed by atoms with E-state index in [9.17, 15) is 10.1 Å². The summed E-state index contributed by atoms with van der Waals surface area (Å²) in [4.78, 5) is 10.5. The first-order chi connectivity index (χ1) is 8.58. The summed E-state index contributed by atoms with van der Waals surface area (Å²) in [6.45, 7) is 0. The summed E-state index contributed by atoms with van der Waals surface area (Å²) in [6.07, 6.45) is 0. The van der Waals surface area contributed by atoms with Crippen LogP contribution in [0, 0.1) is 10.1 Å². The highest BCUT2D eigenvalue weighted by Crippen LogP contribution is 2.34. The van der Waals surface area contributed by atoms with Gasteiger partial charge in [-0.2, -0.15) is 0 Å². The maximum Gasteiger partial charge on any atom is 0.311 e. The van der Waals surface area contributed by atoms with Gasteiger partial charge in [0.05, 0.1) is 4.92 Å². The van der Waals surface area contributed by atoms with Crippen molar-refractivity contribution in [2.45, 2.75) is 0 Å². The van der Waals surface area contributed by atoms with E-state index in [0.717, 1.165) is 10.2 Å². The van der Waals surface area contributed by atoms with E-state index < -0.39 is 4.92 Å². The van der Waals surface area contributed by atoms with Gasteiger partial charge in [0.1, 0.15) is 10.7 Å². The number of benzene rings is 2. The van der Waals surface area contributed by atoms with Crippen molar-refractivity contribution in [2.24, 2.45) is 0 Å². The van der Waals surface area contributed by atoms with E-state index in [4.69, 9.17) is 11.6 Å². The number of halogens is 2. The number of hydrogen-bond donors (Lipinski definition) is 1. The standard InChI is InChI=1S/C12H8BrClN2O2/c13-8-3-1-4-9(7-8)15-11-6-2-5-10(14)12(11)16(17)18/h1-7,15H. The SMILES string of the molecule is O=[N+]([O-])c1c(Cl)cccc1Nc1cccc(Br)c1. The summed E-state index contributed by atoms with van der Waals surface area (Å²) in [5, 5.41) is 14.1. The van der Waals surface area contributed by atoms with Crippen molar-refractivity contribution < 1.29 is 4.92 Å². The summed E-state index contributed by atoms with van der Waals surface area (Å²) in [5.74, 6) is 0. The zero-order chi connectivity index (χ0) is 13.1. The monoisotopic (exact) mass is 326 g/mol. The molecular weight excluding hydrogens is 320 g/mol. The van der Waals surface area contributed by atoms with Gasteiger partial charge in [-0.3, -0.25) is 10.1 Å². The van der Waals surface area contributed by atoms with Crippen LogP contribution in [0.3, 0.4) is 0 Å². The zero-order valence-corrected chi connectivity index (χ0v) is 11.4. The Morgan fingerprint density at radius 1 is 1.22 bits per heavy atom. The molecule has 0 saturated carbocycles. The summed E-state index contributed by atoms with van der Waals surface area (Å²) in [6, 6.07) is 12.1. The second-order valence-electron chi connectivity index (χ2n) is 3.53. The summed E-state index contributed by atoms with van der Waals surface area (Å²) in [5.41, 5.74) is 0.986. The van der Waals surface area contributed by atoms with Crippen molar-refractivity contribution in [3.05, 3.63) is 62.1 Å². The molecule has 0 spiro atoms. The van der Waals surface area contributed by atoms with Gasteiger partial charge < -0.3 is 5.32 Å². The van der Waals surface area contributed by atoms with Gasteiger partial charge in [-0.1, -0.05) is 39.7 Å². The van der Waals surface area contributed by atoms with Crippen LogP contribution in [0.2, 0.25) is 5.02 Å². The molecule has 2 rings (SSSR count). The molecule has 4 nitrogen and oxygen atoms in total. The normalized spacial score (nSPS) is 10.1. The second kappa shape index (κ2) is 5.37. The molecule has 0 heterocycles. The Morgan fingerprint density at radius 3 is 2.61 bits per heavy atom. The van der Waals surface area contributed by atoms with Crippen LogP contribution in [0.15, 0.2) is 46.9 Å². The quantitative estimate of drug-likeness (QED) is 0.653. The van der Waals surface area contributed by atoms with Gasteiger partial charge in [-0.15, -0.1) is 0 Å². The van der Waals surface area contributed by atoms with E-state index >= 15 is 0 Å². The molecule has 0 amide bonds. The van der Waals surface area contributed by atoms with Crippen molar-refractivity contribution in [1.29, 1.82) is 0 Å². The van der Waals surface area contributed by atoms with Crippen molar-refractivity contribution in [1.82, 2.24) is 0 Å². The molecule has 6 heteroatoms. The molecule has 0 saturated heterocycles. The lowest BCUT2D eigenvalue weighted by atomic mass is 10.2. The van der Waals surface area contributed by atoms with E-state index in [1.165, 1.54) is 6.07 Å². The van der Waals surface area contributed by atoms with E-state index in [0.29, 0.717) is 5.69 Å². The molecule has 18 heavy (non-hydrogen) atoms. The van der Waals surface area contributed by atoms with Crippen molar-refractivity contribution >= 4 is 44.6 Å². The third-order valence-electron chi connectivity index (χ3n) is 2.27. The fourth-order valence-corrected chi connectivity index (χ4v) is 2.17. The topological polar surface area (TPSA) is 55.2 Å². The average molecular weight is 328 g/mol. The van der Waals surface area contributed by atoms with E-state index in [2.05, 4.69) is 21.2 Å². The molecule has 0 aliphatic rings. The average Bonchev–Trinajstić information content (AvgIpc) is 2.28. The van der Waals surface area contributed by atoms with Gasteiger partial charge in [0.25, 0.3) is 0 Å². The fraction of sp³-hybridized carbons (Fsp3) is 0. The lowest BCUT2D eigenvalue weighted by molar-refractivity contribution is -0.383. The van der Waals surface area contributed by atoms with E-state index in [1.54, 1.807) is 12.1 Å². The van der Waals surface area contributed by atoms with E-state index in [-0.39, 0.29) is 10.7 Å². The molecule has 0 unspecified atom stereocenters. The van der Waals surface area contributed by atoms with E-state index in [1.807, 2.05) is 24.3 Å². The van der Waals surface area contributed by atoms with Crippen LogP contribution >= 0.6 is 27.5 Å². The smallest absolute Gasteiger partial charge is 0.311 e. The first-order valence-corrected chi connectivity index (χ1v) is 6.20. The zero-order valence-electron chi connectivity index (χ0n) is 9.06. The number of rotatable bonds is 3. The van der Waals surface area contributed by atoms with Gasteiger partial charge in [0.15, 0.2) is 0 Å². The Labute approximate surface area is 117 Å². The summed E-state index contributed by atoms with van der Waals surface area (Å²) < 4.78 is 0.886. The lowest BCUT2D eigenvalue weighted by Gasteiger charge is -2.08. The van der Waals surface area contributed by atoms with Gasteiger partial charge in [0.2, 0.25) is 0 Å². The predicted molar refractivity (Wildman–Crippen MR) is 75.5 cm³/mol. The molecule has 0 atom stereocenters. The number of hydrogen-bond acceptors (Lipinski definition) is 3. The van der Waals surface area contributed by atoms with Crippen LogP contribution in [0.4, 0.5) is 17.1 Å². The Bertz CT molecular complexity index is 604. The first-order valence-electron chi connectivity index (χ1n) is 5.03. The maximum absolute atomic E-state index is 11.0. The number of anilines is 2. The fourth-order valence-electron chi connectivity index (χ4n) is 1.52. The number of nitrogens with one attached hydrogen (secondary N) is 1. The van der Waals surface area contributed by atoms with Gasteiger partial charge in [-0.25, -0.2) is 0 Å². The minimum absolute atomic E-state index is 0.111. The molecule has 92 valence electrons. The highest BCUT2D eigenvalue weighted by Gasteiger charge is 2.18. The van der Waals surface area contributed by atoms with Crippen LogP contribution in [0.5, 0.6) is 0 Å². The van der Waals surface area contributed by atoms with Crippen molar-refractivity contribution in [3.8, 4) is 0 Å². The third-order valence-corrected chi connectivity index (χ3v) is 3.07. The molecule has 2 aromatic carbocycles. The Morgan fingerprint density at radius 2 is 1.94 bits per heavy atom. The second-order valence-corrected chi connectivity index (χ2v) is 4.85. The van der Waals surface area contributed by atoms with Gasteiger partial charge in [0, 0.05) is 10.2 Å². The number of nitro benzene ring substituents is 1. The number of nitrogens with zero attached hydrogens (tertiary/aromatic N) is 1. The Hall–Kier alpha value is -1.59. The molecule has 0 radical (unpaired) electrons. The molecule has 0 fully saturated rings. The van der Waals surface area contributed by atoms with Crippen molar-refractivity contribution in [3.63, 3.8) is 0 Å². The van der Waals surface area contributed by atoms with Crippen LogP contribution < -0.4 is 5.32 Å². The first kappa shape index (κ1) is 12.9. The predicted octanol–water partition coefficient (Wildman–Crippen LogP) is 4.75. The lowest BCUT2D eigenvalue weighted by Crippen LogP contribution is -1.97. The van der Waals surface area contributed by atoms with Crippen LogP contribution in [0.25, 0.3) is 0 Å². The number of para-hydroxylation sites is 1. The number of nitro groups is 1. The Balaban J connectivity index is 2.40. The largest absolute Gasteiger partial charge is 0.350 e. The van der Waals surface area contributed by atoms with Gasteiger partial charge >= 0.3 is 5.69 Å². The highest BCUT2D eigenvalue weighted by atomic mass is 79.9. The molecule has 2 aromatic rings. The molecule has 1 N–H and O–H groups in total. The minimum atomic E-state index is -0.497. The molecule has 0 aliphatic heterocycles. The highest BCUT2D eigenvalue weighted by molar-refractivity contribution is 9.10. The molecule has 0 bridgehead atoms. The van der Waals surface area contributed by atoms with Gasteiger partial charge in [-0.05, 0) is 30.3 Å². The summed E-state index contributed by atoms with van der Waals surface area (Å²) in [7, 11) is 0. The van der Waals surface area contributed by atoms with Crippen molar-refractivity contribution in [2.75, 3.05) is 5.32 Å². The van der Waals surface area contributed by atoms with Crippen LogP contribution in [-0.2, 0) is 0 Å². The maximum atomic E-state index is 11.0. The third kappa shape index (κ3) is 2.80. The molecule has 0 aromatic heterocycles. The van der Waals surface area contributed by atoms with Crippen LogP contribution in [0.1, 0.15) is 0 Å². The molecule has 0 aliphatic carbocycles. The van der Waals surface area contributed by atoms with Crippen LogP contribution in [-0.4, -0.2) is 4.92 Å². The summed E-state index contributed by atoms with van der Waals surface area (Å²) >= 11 is 9.17. The molecular formula is C12H8BrClN2O2.